The zero-order valence-electron chi connectivity index (χ0n) is 13.3. The molecule has 6 nitrogen and oxygen atoms in total. The molecular weight excluding hydrogens is 286 g/mol. The lowest BCUT2D eigenvalue weighted by Crippen LogP contribution is -2.29. The minimum atomic E-state index is -0.577. The number of benzene rings is 1. The van der Waals surface area contributed by atoms with Crippen molar-refractivity contribution in [1.82, 2.24) is 5.32 Å². The van der Waals surface area contributed by atoms with Gasteiger partial charge in [0.05, 0.1) is 19.3 Å². The fourth-order valence-corrected chi connectivity index (χ4v) is 1.74. The Balaban J connectivity index is 2.56. The highest BCUT2D eigenvalue weighted by Crippen LogP contribution is 2.28. The van der Waals surface area contributed by atoms with E-state index in [9.17, 15) is 9.59 Å². The molecule has 0 saturated carbocycles. The number of carbonyl (C=O) groups excluding carboxylic acids is 2. The quantitative estimate of drug-likeness (QED) is 0.559. The molecule has 1 aromatic carbocycles. The standard InChI is InChI=1S/C16H23NO5/c1-4-6-9-17-15(18)11-22-16(19)12-7-8-13(21-5-2)14(10-12)20-3/h7-8,10H,4-6,9,11H2,1-3H3,(H,17,18). The van der Waals surface area contributed by atoms with Gasteiger partial charge in [0.15, 0.2) is 18.1 Å². The summed E-state index contributed by atoms with van der Waals surface area (Å²) in [4.78, 5) is 23.4. The maximum Gasteiger partial charge on any atom is 0.338 e. The average molecular weight is 309 g/mol. The highest BCUT2D eigenvalue weighted by Gasteiger charge is 2.13. The molecule has 0 fully saturated rings. The number of unbranched alkanes of at least 4 members (excludes halogenated alkanes) is 1. The lowest BCUT2D eigenvalue weighted by Gasteiger charge is -2.11. The fraction of sp³-hybridized carbons (Fsp3) is 0.500. The van der Waals surface area contributed by atoms with Gasteiger partial charge in [0.2, 0.25) is 0 Å². The molecule has 1 aromatic rings. The summed E-state index contributed by atoms with van der Waals surface area (Å²) in [6, 6.07) is 4.74. The Hall–Kier alpha value is -2.24. The van der Waals surface area contributed by atoms with Gasteiger partial charge in [0.25, 0.3) is 5.91 Å². The van der Waals surface area contributed by atoms with Gasteiger partial charge in [0, 0.05) is 6.54 Å². The predicted octanol–water partition coefficient (Wildman–Crippen LogP) is 2.17. The van der Waals surface area contributed by atoms with Crippen LogP contribution >= 0.6 is 0 Å². The molecule has 0 saturated heterocycles. The number of esters is 1. The smallest absolute Gasteiger partial charge is 0.338 e. The first-order chi connectivity index (χ1) is 10.6. The van der Waals surface area contributed by atoms with E-state index in [4.69, 9.17) is 14.2 Å². The normalized spacial score (nSPS) is 9.95. The summed E-state index contributed by atoms with van der Waals surface area (Å²) < 4.78 is 15.5. The Bertz CT molecular complexity index is 501. The molecule has 0 aliphatic heterocycles. The molecule has 0 bridgehead atoms. The maximum absolute atomic E-state index is 11.9. The van der Waals surface area contributed by atoms with Crippen molar-refractivity contribution in [3.8, 4) is 11.5 Å². The second-order valence-electron chi connectivity index (χ2n) is 4.58. The molecule has 22 heavy (non-hydrogen) atoms. The first-order valence-corrected chi connectivity index (χ1v) is 7.37. The van der Waals surface area contributed by atoms with Crippen LogP contribution in [-0.4, -0.2) is 38.7 Å². The predicted molar refractivity (Wildman–Crippen MR) is 82.4 cm³/mol. The molecule has 1 amide bonds. The van der Waals surface area contributed by atoms with Gasteiger partial charge in [-0.2, -0.15) is 0 Å². The Labute approximate surface area is 130 Å². The molecule has 0 aliphatic rings. The second kappa shape index (κ2) is 9.65. The zero-order valence-corrected chi connectivity index (χ0v) is 13.3. The molecule has 0 atom stereocenters. The topological polar surface area (TPSA) is 73.9 Å². The number of hydrogen-bond donors (Lipinski definition) is 1. The van der Waals surface area contributed by atoms with E-state index in [1.165, 1.54) is 13.2 Å². The lowest BCUT2D eigenvalue weighted by molar-refractivity contribution is -0.124. The number of carbonyl (C=O) groups is 2. The van der Waals surface area contributed by atoms with Crippen LogP contribution in [0.1, 0.15) is 37.0 Å². The van der Waals surface area contributed by atoms with Crippen LogP contribution in [0.4, 0.5) is 0 Å². The monoisotopic (exact) mass is 309 g/mol. The fourth-order valence-electron chi connectivity index (χ4n) is 1.74. The molecule has 0 aromatic heterocycles. The van der Waals surface area contributed by atoms with E-state index in [-0.39, 0.29) is 12.5 Å². The van der Waals surface area contributed by atoms with Crippen molar-refractivity contribution in [1.29, 1.82) is 0 Å². The van der Waals surface area contributed by atoms with Gasteiger partial charge in [-0.3, -0.25) is 4.79 Å². The van der Waals surface area contributed by atoms with Crippen molar-refractivity contribution in [3.05, 3.63) is 23.8 Å². The van der Waals surface area contributed by atoms with E-state index in [1.807, 2.05) is 13.8 Å². The summed E-state index contributed by atoms with van der Waals surface area (Å²) in [5, 5.41) is 2.68. The van der Waals surface area contributed by atoms with Gasteiger partial charge in [-0.05, 0) is 31.5 Å². The van der Waals surface area contributed by atoms with E-state index in [0.717, 1.165) is 12.8 Å². The van der Waals surface area contributed by atoms with Crippen molar-refractivity contribution >= 4 is 11.9 Å². The first kappa shape index (κ1) is 17.8. The lowest BCUT2D eigenvalue weighted by atomic mass is 10.2. The summed E-state index contributed by atoms with van der Waals surface area (Å²) in [6.07, 6.45) is 1.89. The van der Waals surface area contributed by atoms with Crippen LogP contribution in [-0.2, 0) is 9.53 Å². The number of rotatable bonds is 9. The molecule has 122 valence electrons. The summed E-state index contributed by atoms with van der Waals surface area (Å²) in [5.74, 6) is 0.120. The van der Waals surface area contributed by atoms with Crippen LogP contribution in [0.3, 0.4) is 0 Å². The number of methoxy groups -OCH3 is 1. The number of ether oxygens (including phenoxy) is 3. The van der Waals surface area contributed by atoms with Crippen molar-refractivity contribution in [3.63, 3.8) is 0 Å². The molecular formula is C16H23NO5. The average Bonchev–Trinajstić information content (AvgIpc) is 2.53. The van der Waals surface area contributed by atoms with Crippen LogP contribution in [0.15, 0.2) is 18.2 Å². The van der Waals surface area contributed by atoms with Gasteiger partial charge in [-0.25, -0.2) is 4.79 Å². The van der Waals surface area contributed by atoms with Crippen molar-refractivity contribution < 1.29 is 23.8 Å². The van der Waals surface area contributed by atoms with Crippen LogP contribution in [0, 0.1) is 0 Å². The van der Waals surface area contributed by atoms with Crippen molar-refractivity contribution in [2.24, 2.45) is 0 Å². The molecule has 0 heterocycles. The van der Waals surface area contributed by atoms with E-state index in [1.54, 1.807) is 12.1 Å². The molecule has 1 rings (SSSR count). The molecule has 1 N–H and O–H groups in total. The van der Waals surface area contributed by atoms with Gasteiger partial charge < -0.3 is 19.5 Å². The zero-order chi connectivity index (χ0) is 16.4. The van der Waals surface area contributed by atoms with Gasteiger partial charge in [0.1, 0.15) is 0 Å². The maximum atomic E-state index is 11.9. The van der Waals surface area contributed by atoms with Gasteiger partial charge in [-0.15, -0.1) is 0 Å². The Morgan fingerprint density at radius 1 is 1.18 bits per heavy atom. The Morgan fingerprint density at radius 3 is 2.59 bits per heavy atom. The summed E-state index contributed by atoms with van der Waals surface area (Å²) in [5.41, 5.74) is 0.307. The van der Waals surface area contributed by atoms with E-state index in [2.05, 4.69) is 5.32 Å². The third kappa shape index (κ3) is 5.63. The molecule has 0 spiro atoms. The summed E-state index contributed by atoms with van der Waals surface area (Å²) in [7, 11) is 1.49. The highest BCUT2D eigenvalue weighted by molar-refractivity contribution is 5.92. The third-order valence-corrected chi connectivity index (χ3v) is 2.89. The largest absolute Gasteiger partial charge is 0.493 e. The third-order valence-electron chi connectivity index (χ3n) is 2.89. The van der Waals surface area contributed by atoms with Crippen LogP contribution in [0.25, 0.3) is 0 Å². The first-order valence-electron chi connectivity index (χ1n) is 7.37. The minimum Gasteiger partial charge on any atom is -0.493 e. The Kier molecular flexibility index (Phi) is 7.81. The molecule has 0 aliphatic carbocycles. The van der Waals surface area contributed by atoms with Crippen LogP contribution in [0.5, 0.6) is 11.5 Å². The molecule has 0 radical (unpaired) electrons. The van der Waals surface area contributed by atoms with Crippen molar-refractivity contribution in [2.75, 3.05) is 26.9 Å². The van der Waals surface area contributed by atoms with Crippen LogP contribution < -0.4 is 14.8 Å². The highest BCUT2D eigenvalue weighted by atomic mass is 16.5. The van der Waals surface area contributed by atoms with E-state index >= 15 is 0 Å². The summed E-state index contributed by atoms with van der Waals surface area (Å²) >= 11 is 0. The van der Waals surface area contributed by atoms with Gasteiger partial charge in [-0.1, -0.05) is 13.3 Å². The minimum absolute atomic E-state index is 0.294. The molecule has 0 unspecified atom stereocenters. The number of hydrogen-bond acceptors (Lipinski definition) is 5. The van der Waals surface area contributed by atoms with Gasteiger partial charge >= 0.3 is 5.97 Å². The Morgan fingerprint density at radius 2 is 1.95 bits per heavy atom. The van der Waals surface area contributed by atoms with E-state index < -0.39 is 5.97 Å². The second-order valence-corrected chi connectivity index (χ2v) is 4.58. The van der Waals surface area contributed by atoms with Crippen molar-refractivity contribution in [2.45, 2.75) is 26.7 Å². The van der Waals surface area contributed by atoms with E-state index in [0.29, 0.717) is 30.2 Å². The SMILES string of the molecule is CCCCNC(=O)COC(=O)c1ccc(OCC)c(OC)c1. The summed E-state index contributed by atoms with van der Waals surface area (Å²) in [6.45, 7) is 4.68. The number of amides is 1. The number of nitrogens with one attached hydrogen (secondary N) is 1. The molecule has 6 heteroatoms. The van der Waals surface area contributed by atoms with Crippen LogP contribution in [0.2, 0.25) is 0 Å².